The average molecular weight is 1100 g/mol. The molecule has 0 aromatic rings. The van der Waals surface area contributed by atoms with Gasteiger partial charge in [0.25, 0.3) is 7.82 Å². The van der Waals surface area contributed by atoms with Crippen LogP contribution in [0.15, 0.2) is 60.8 Å². The number of phosphoric ester groups is 1. The molecule has 3 atom stereocenters. The number of phosphoric acid groups is 1. The van der Waals surface area contributed by atoms with Crippen LogP contribution in [0.5, 0.6) is 0 Å². The summed E-state index contributed by atoms with van der Waals surface area (Å²) in [7, 11) is 1.17. The molecule has 0 aromatic heterocycles. The van der Waals surface area contributed by atoms with E-state index in [0.29, 0.717) is 17.4 Å². The number of hydrogen-bond acceptors (Lipinski definition) is 7. The summed E-state index contributed by atoms with van der Waals surface area (Å²) in [6, 6.07) is -0.904. The average Bonchev–Trinajstić information content (AvgIpc) is 3.39. The van der Waals surface area contributed by atoms with E-state index in [4.69, 9.17) is 13.8 Å². The SMILES string of the molecule is CCCCC/C=C\C/C=C\C/C=C\C/C=C\CCCCCC(=O)NC(COP(=O)([O-])OCC[N+](C)(C)C)C(/C=C/CCCCCCCCCCC)OC(=O)CCCCCCCCCCCCCCCCCCCCCCC. The van der Waals surface area contributed by atoms with Crippen molar-refractivity contribution in [3.63, 3.8) is 0 Å². The second-order valence-corrected chi connectivity index (χ2v) is 24.7. The standard InChI is InChI=1S/C67H125N2O7P/c1-7-10-13-16-19-22-25-27-29-31-33-34-36-38-40-42-45-48-51-54-57-60-67(71)76-65(58-55-52-49-46-43-24-21-18-15-12-9-3)64(63-75-77(72,73)74-62-61-69(4,5)6)68-66(70)59-56-53-50-47-44-41-39-37-35-32-30-28-26-23-20-17-14-11-8-2/h20,23,28,30,35,37,41,44,55,58,64-65H,7-19,21-22,24-27,29,31-34,36,38-40,42-43,45-54,56-57,59-63H2,1-6H3,(H-,68,70,72,73)/b23-20-,30-28-,37-35-,44-41-,58-55+. The number of esters is 1. The largest absolute Gasteiger partial charge is 0.756 e. The molecule has 0 rings (SSSR count). The number of rotatable bonds is 59. The van der Waals surface area contributed by atoms with E-state index < -0.39 is 26.6 Å². The fraction of sp³-hybridized carbons (Fsp3) is 0.821. The zero-order chi connectivity index (χ0) is 56.4. The molecule has 0 radical (unpaired) electrons. The van der Waals surface area contributed by atoms with Crippen molar-refractivity contribution in [2.45, 2.75) is 315 Å². The Morgan fingerprint density at radius 2 is 0.792 bits per heavy atom. The molecule has 0 aliphatic carbocycles. The van der Waals surface area contributed by atoms with Gasteiger partial charge in [-0.1, -0.05) is 275 Å². The van der Waals surface area contributed by atoms with Gasteiger partial charge < -0.3 is 28.5 Å². The van der Waals surface area contributed by atoms with Crippen molar-refractivity contribution in [3.8, 4) is 0 Å². The smallest absolute Gasteiger partial charge is 0.306 e. The lowest BCUT2D eigenvalue weighted by Gasteiger charge is -2.30. The quantitative estimate of drug-likeness (QED) is 0.0212. The van der Waals surface area contributed by atoms with Gasteiger partial charge in [-0.05, 0) is 76.7 Å². The number of carbonyl (C=O) groups excluding carboxylic acids is 2. The summed E-state index contributed by atoms with van der Waals surface area (Å²) < 4.78 is 30.3. The molecule has 1 N–H and O–H groups in total. The van der Waals surface area contributed by atoms with Crippen LogP contribution < -0.4 is 10.2 Å². The van der Waals surface area contributed by atoms with Crippen molar-refractivity contribution in [1.29, 1.82) is 0 Å². The number of likely N-dealkylation sites (N-methyl/N-ethyl adjacent to an activating group) is 1. The Bertz CT molecular complexity index is 1500. The van der Waals surface area contributed by atoms with Crippen LogP contribution in [0.2, 0.25) is 0 Å². The molecule has 0 saturated heterocycles. The van der Waals surface area contributed by atoms with E-state index in [0.717, 1.165) is 77.0 Å². The monoisotopic (exact) mass is 1100 g/mol. The fourth-order valence-corrected chi connectivity index (χ4v) is 10.1. The van der Waals surface area contributed by atoms with Gasteiger partial charge in [0, 0.05) is 12.8 Å². The van der Waals surface area contributed by atoms with Gasteiger partial charge in [0.1, 0.15) is 19.3 Å². The first kappa shape index (κ1) is 74.7. The minimum Gasteiger partial charge on any atom is -0.756 e. The number of allylic oxidation sites excluding steroid dienone is 9. The summed E-state index contributed by atoms with van der Waals surface area (Å²) in [5.74, 6) is -0.568. The van der Waals surface area contributed by atoms with E-state index in [9.17, 15) is 19.0 Å². The molecule has 0 heterocycles. The zero-order valence-electron chi connectivity index (χ0n) is 51.4. The number of carbonyl (C=O) groups is 2. The highest BCUT2D eigenvalue weighted by Crippen LogP contribution is 2.38. The number of quaternary nitrogens is 1. The van der Waals surface area contributed by atoms with Gasteiger partial charge in [0.2, 0.25) is 5.91 Å². The molecule has 0 bridgehead atoms. The maximum atomic E-state index is 13.5. The molecule has 77 heavy (non-hydrogen) atoms. The molecule has 0 aliphatic heterocycles. The van der Waals surface area contributed by atoms with Crippen LogP contribution in [-0.4, -0.2) is 69.4 Å². The van der Waals surface area contributed by atoms with E-state index in [2.05, 4.69) is 74.7 Å². The van der Waals surface area contributed by atoms with Crippen molar-refractivity contribution in [1.82, 2.24) is 5.32 Å². The number of nitrogens with one attached hydrogen (secondary N) is 1. The van der Waals surface area contributed by atoms with Gasteiger partial charge in [0.05, 0.1) is 33.8 Å². The molecule has 3 unspecified atom stereocenters. The highest BCUT2D eigenvalue weighted by molar-refractivity contribution is 7.45. The van der Waals surface area contributed by atoms with Crippen LogP contribution in [0, 0.1) is 0 Å². The minimum atomic E-state index is -4.71. The number of amides is 1. The third-order valence-corrected chi connectivity index (χ3v) is 15.4. The van der Waals surface area contributed by atoms with Gasteiger partial charge in [0.15, 0.2) is 0 Å². The fourth-order valence-electron chi connectivity index (χ4n) is 9.39. The number of unbranched alkanes of at least 4 members (excludes halogenated alkanes) is 35. The lowest BCUT2D eigenvalue weighted by atomic mass is 10.0. The van der Waals surface area contributed by atoms with Crippen LogP contribution in [-0.2, 0) is 27.9 Å². The van der Waals surface area contributed by atoms with Gasteiger partial charge in [-0.25, -0.2) is 0 Å². The van der Waals surface area contributed by atoms with E-state index >= 15 is 0 Å². The lowest BCUT2D eigenvalue weighted by Crippen LogP contribution is -2.47. The van der Waals surface area contributed by atoms with Crippen LogP contribution in [0.1, 0.15) is 303 Å². The van der Waals surface area contributed by atoms with E-state index in [1.165, 1.54) is 186 Å². The second kappa shape index (κ2) is 57.0. The summed E-state index contributed by atoms with van der Waals surface area (Å²) in [4.78, 5) is 40.0. The van der Waals surface area contributed by atoms with Crippen molar-refractivity contribution in [2.24, 2.45) is 0 Å². The minimum absolute atomic E-state index is 0.0288. The summed E-state index contributed by atoms with van der Waals surface area (Å²) >= 11 is 0. The molecule has 0 aliphatic rings. The maximum absolute atomic E-state index is 13.5. The molecule has 9 nitrogen and oxygen atoms in total. The Morgan fingerprint density at radius 3 is 1.22 bits per heavy atom. The number of ether oxygens (including phenoxy) is 1. The maximum Gasteiger partial charge on any atom is 0.306 e. The van der Waals surface area contributed by atoms with E-state index in [1.807, 2.05) is 33.3 Å². The van der Waals surface area contributed by atoms with Crippen LogP contribution >= 0.6 is 7.82 Å². The Balaban J connectivity index is 5.19. The zero-order valence-corrected chi connectivity index (χ0v) is 52.3. The van der Waals surface area contributed by atoms with Gasteiger partial charge in [-0.3, -0.25) is 14.2 Å². The molecular formula is C67H125N2O7P. The van der Waals surface area contributed by atoms with E-state index in [1.54, 1.807) is 0 Å². The Kier molecular flexibility index (Phi) is 55.3. The molecule has 1 amide bonds. The summed E-state index contributed by atoms with van der Waals surface area (Å²) in [5, 5.41) is 3.01. The lowest BCUT2D eigenvalue weighted by molar-refractivity contribution is -0.870. The first-order valence-electron chi connectivity index (χ1n) is 32.6. The Hall–Kier alpha value is -2.29. The number of nitrogens with zero attached hydrogens (tertiary/aromatic N) is 1. The molecule has 0 aromatic carbocycles. The summed E-state index contributed by atoms with van der Waals surface area (Å²) in [5.41, 5.74) is 0. The molecule has 0 fully saturated rings. The summed E-state index contributed by atoms with van der Waals surface area (Å²) in [6.07, 6.45) is 72.0. The summed E-state index contributed by atoms with van der Waals surface area (Å²) in [6.45, 7) is 6.81. The first-order chi connectivity index (χ1) is 37.4. The predicted octanol–water partition coefficient (Wildman–Crippen LogP) is 19.6. The first-order valence-corrected chi connectivity index (χ1v) is 34.1. The van der Waals surface area contributed by atoms with Gasteiger partial charge in [-0.2, -0.15) is 0 Å². The second-order valence-electron chi connectivity index (χ2n) is 23.3. The highest BCUT2D eigenvalue weighted by atomic mass is 31.2. The molecular weight excluding hydrogens is 976 g/mol. The Labute approximate surface area is 477 Å². The highest BCUT2D eigenvalue weighted by Gasteiger charge is 2.27. The normalized spacial score (nSPS) is 14.0. The predicted molar refractivity (Wildman–Crippen MR) is 330 cm³/mol. The van der Waals surface area contributed by atoms with Crippen molar-refractivity contribution < 1.29 is 37.3 Å². The van der Waals surface area contributed by atoms with Crippen molar-refractivity contribution >= 4 is 19.7 Å². The molecule has 10 heteroatoms. The van der Waals surface area contributed by atoms with Crippen molar-refractivity contribution in [3.05, 3.63) is 60.8 Å². The number of hydrogen-bond donors (Lipinski definition) is 1. The topological polar surface area (TPSA) is 114 Å². The third kappa shape index (κ3) is 58.2. The molecule has 0 spiro atoms. The van der Waals surface area contributed by atoms with Crippen LogP contribution in [0.25, 0.3) is 0 Å². The van der Waals surface area contributed by atoms with Crippen LogP contribution in [0.4, 0.5) is 0 Å². The third-order valence-electron chi connectivity index (χ3n) is 14.5. The van der Waals surface area contributed by atoms with Crippen molar-refractivity contribution in [2.75, 3.05) is 40.9 Å². The van der Waals surface area contributed by atoms with E-state index in [-0.39, 0.29) is 31.3 Å². The van der Waals surface area contributed by atoms with Gasteiger partial charge in [-0.15, -0.1) is 0 Å². The Morgan fingerprint density at radius 1 is 0.455 bits per heavy atom. The molecule has 450 valence electrons. The van der Waals surface area contributed by atoms with Crippen LogP contribution in [0.3, 0.4) is 0 Å². The van der Waals surface area contributed by atoms with Gasteiger partial charge >= 0.3 is 5.97 Å². The molecule has 0 saturated carbocycles.